The molecule has 1 aliphatic heterocycles. The second kappa shape index (κ2) is 5.83. The van der Waals surface area contributed by atoms with Crippen LogP contribution >= 0.6 is 0 Å². The first-order valence-electron chi connectivity index (χ1n) is 7.57. The quantitative estimate of drug-likeness (QED) is 0.917. The van der Waals surface area contributed by atoms with Crippen molar-refractivity contribution >= 4 is 5.91 Å². The van der Waals surface area contributed by atoms with E-state index < -0.39 is 0 Å². The summed E-state index contributed by atoms with van der Waals surface area (Å²) in [5, 5.41) is 3.34. The van der Waals surface area contributed by atoms with Gasteiger partial charge in [-0.05, 0) is 37.5 Å². The lowest BCUT2D eigenvalue weighted by Crippen LogP contribution is -2.38. The van der Waals surface area contributed by atoms with Crippen LogP contribution in [0.1, 0.15) is 44.3 Å². The van der Waals surface area contributed by atoms with Crippen LogP contribution in [0.5, 0.6) is 5.75 Å². The van der Waals surface area contributed by atoms with Crippen LogP contribution in [0.15, 0.2) is 24.3 Å². The van der Waals surface area contributed by atoms with Gasteiger partial charge in [-0.25, -0.2) is 0 Å². The molecule has 2 aliphatic rings. The summed E-state index contributed by atoms with van der Waals surface area (Å²) in [6, 6.07) is 8.49. The van der Waals surface area contributed by atoms with E-state index in [1.54, 1.807) is 0 Å². The average molecular weight is 274 g/mol. The van der Waals surface area contributed by atoms with Crippen molar-refractivity contribution in [1.29, 1.82) is 0 Å². The Morgan fingerprint density at radius 1 is 1.25 bits per heavy atom. The molecule has 4 heteroatoms. The lowest BCUT2D eigenvalue weighted by atomic mass is 10.1. The van der Waals surface area contributed by atoms with Crippen LogP contribution in [0, 0.1) is 0 Å². The lowest BCUT2D eigenvalue weighted by Gasteiger charge is -2.30. The third kappa shape index (κ3) is 2.52. The molecule has 1 aliphatic carbocycles. The molecular formula is C16H22N2O2. The summed E-state index contributed by atoms with van der Waals surface area (Å²) in [5.41, 5.74) is 1.14. The highest BCUT2D eigenvalue weighted by Gasteiger charge is 2.37. The second-order valence-corrected chi connectivity index (χ2v) is 5.52. The zero-order chi connectivity index (χ0) is 13.9. The maximum Gasteiger partial charge on any atom is 0.238 e. The van der Waals surface area contributed by atoms with Gasteiger partial charge in [0.25, 0.3) is 0 Å². The fourth-order valence-electron chi connectivity index (χ4n) is 3.31. The van der Waals surface area contributed by atoms with E-state index in [-0.39, 0.29) is 12.1 Å². The van der Waals surface area contributed by atoms with Gasteiger partial charge in [-0.1, -0.05) is 25.0 Å². The predicted octanol–water partition coefficient (Wildman–Crippen LogP) is 2.46. The Hall–Kier alpha value is -1.55. The summed E-state index contributed by atoms with van der Waals surface area (Å²) in [6.45, 7) is 3.11. The Bertz CT molecular complexity index is 466. The average Bonchev–Trinajstić information content (AvgIpc) is 3.09. The van der Waals surface area contributed by atoms with Gasteiger partial charge < -0.3 is 9.64 Å². The van der Waals surface area contributed by atoms with Crippen molar-refractivity contribution in [1.82, 2.24) is 10.2 Å². The van der Waals surface area contributed by atoms with Gasteiger partial charge in [0.15, 0.2) is 0 Å². The Balaban J connectivity index is 1.78. The SMILES string of the molecule is CCOc1ccc(C2NCC(=O)N2C2CCCC2)cc1. The molecule has 1 heterocycles. The first-order valence-corrected chi connectivity index (χ1v) is 7.57. The van der Waals surface area contributed by atoms with Gasteiger partial charge in [0, 0.05) is 6.04 Å². The van der Waals surface area contributed by atoms with E-state index >= 15 is 0 Å². The summed E-state index contributed by atoms with van der Waals surface area (Å²) >= 11 is 0. The molecule has 3 rings (SSSR count). The number of amides is 1. The van der Waals surface area contributed by atoms with Crippen LogP contribution in [-0.2, 0) is 4.79 Å². The smallest absolute Gasteiger partial charge is 0.238 e. The summed E-state index contributed by atoms with van der Waals surface area (Å²) in [7, 11) is 0. The summed E-state index contributed by atoms with van der Waals surface area (Å²) in [4.78, 5) is 14.2. The van der Waals surface area contributed by atoms with Crippen molar-refractivity contribution in [3.8, 4) is 5.75 Å². The molecule has 1 saturated carbocycles. The second-order valence-electron chi connectivity index (χ2n) is 5.52. The van der Waals surface area contributed by atoms with Gasteiger partial charge in [-0.15, -0.1) is 0 Å². The number of hydrogen-bond acceptors (Lipinski definition) is 3. The molecule has 0 aromatic heterocycles. The van der Waals surface area contributed by atoms with Crippen molar-refractivity contribution in [3.63, 3.8) is 0 Å². The molecule has 1 amide bonds. The van der Waals surface area contributed by atoms with Crippen molar-refractivity contribution in [2.75, 3.05) is 13.2 Å². The van der Waals surface area contributed by atoms with Crippen LogP contribution in [-0.4, -0.2) is 30.0 Å². The molecule has 1 unspecified atom stereocenters. The summed E-state index contributed by atoms with van der Waals surface area (Å²) in [5.74, 6) is 1.11. The minimum atomic E-state index is 0.0290. The molecule has 20 heavy (non-hydrogen) atoms. The van der Waals surface area contributed by atoms with Gasteiger partial charge in [0.05, 0.1) is 13.2 Å². The molecule has 1 saturated heterocycles. The largest absolute Gasteiger partial charge is 0.494 e. The zero-order valence-corrected chi connectivity index (χ0v) is 12.0. The van der Waals surface area contributed by atoms with Gasteiger partial charge >= 0.3 is 0 Å². The lowest BCUT2D eigenvalue weighted by molar-refractivity contribution is -0.130. The van der Waals surface area contributed by atoms with Crippen molar-refractivity contribution < 1.29 is 9.53 Å². The van der Waals surface area contributed by atoms with Crippen molar-refractivity contribution in [2.45, 2.75) is 44.8 Å². The van der Waals surface area contributed by atoms with Gasteiger partial charge in [-0.2, -0.15) is 0 Å². The minimum absolute atomic E-state index is 0.0290. The van der Waals surface area contributed by atoms with Gasteiger partial charge in [-0.3, -0.25) is 10.1 Å². The van der Waals surface area contributed by atoms with E-state index in [0.717, 1.165) is 24.2 Å². The highest BCUT2D eigenvalue weighted by Crippen LogP contribution is 2.32. The van der Waals surface area contributed by atoms with Crippen LogP contribution < -0.4 is 10.1 Å². The molecule has 4 nitrogen and oxygen atoms in total. The third-order valence-electron chi connectivity index (χ3n) is 4.24. The molecule has 0 spiro atoms. The number of hydrogen-bond donors (Lipinski definition) is 1. The van der Waals surface area contributed by atoms with E-state index in [0.29, 0.717) is 19.2 Å². The highest BCUT2D eigenvalue weighted by atomic mass is 16.5. The number of carbonyl (C=O) groups excluding carboxylic acids is 1. The maximum absolute atomic E-state index is 12.2. The molecule has 2 fully saturated rings. The molecule has 1 aromatic carbocycles. The molecule has 0 radical (unpaired) electrons. The topological polar surface area (TPSA) is 41.6 Å². The van der Waals surface area contributed by atoms with Crippen LogP contribution in [0.4, 0.5) is 0 Å². The molecule has 0 bridgehead atoms. The standard InChI is InChI=1S/C16H22N2O2/c1-2-20-14-9-7-12(8-10-14)16-17-11-15(19)18(16)13-5-3-4-6-13/h7-10,13,16-17H,2-6,11H2,1H3. The molecular weight excluding hydrogens is 252 g/mol. The number of nitrogens with one attached hydrogen (secondary N) is 1. The van der Waals surface area contributed by atoms with Gasteiger partial charge in [0.2, 0.25) is 5.91 Å². The summed E-state index contributed by atoms with van der Waals surface area (Å²) in [6.07, 6.45) is 4.79. The van der Waals surface area contributed by atoms with E-state index in [4.69, 9.17) is 4.74 Å². The van der Waals surface area contributed by atoms with E-state index in [1.165, 1.54) is 12.8 Å². The first-order chi connectivity index (χ1) is 9.79. The van der Waals surface area contributed by atoms with Crippen LogP contribution in [0.3, 0.4) is 0 Å². The highest BCUT2D eigenvalue weighted by molar-refractivity contribution is 5.81. The molecule has 1 atom stereocenters. The van der Waals surface area contributed by atoms with Crippen molar-refractivity contribution in [2.24, 2.45) is 0 Å². The number of carbonyl (C=O) groups is 1. The normalized spacial score (nSPS) is 23.6. The predicted molar refractivity (Wildman–Crippen MR) is 77.5 cm³/mol. The number of rotatable bonds is 4. The number of nitrogens with zero attached hydrogens (tertiary/aromatic N) is 1. The molecule has 108 valence electrons. The number of ether oxygens (including phenoxy) is 1. The Morgan fingerprint density at radius 2 is 1.95 bits per heavy atom. The maximum atomic E-state index is 12.2. The molecule has 1 N–H and O–H groups in total. The fraction of sp³-hybridized carbons (Fsp3) is 0.562. The van der Waals surface area contributed by atoms with Crippen LogP contribution in [0.2, 0.25) is 0 Å². The van der Waals surface area contributed by atoms with E-state index in [9.17, 15) is 4.79 Å². The Morgan fingerprint density at radius 3 is 2.60 bits per heavy atom. The Kier molecular flexibility index (Phi) is 3.92. The van der Waals surface area contributed by atoms with E-state index in [2.05, 4.69) is 22.3 Å². The van der Waals surface area contributed by atoms with E-state index in [1.807, 2.05) is 19.1 Å². The third-order valence-corrected chi connectivity index (χ3v) is 4.24. The van der Waals surface area contributed by atoms with Crippen molar-refractivity contribution in [3.05, 3.63) is 29.8 Å². The first kappa shape index (κ1) is 13.4. The minimum Gasteiger partial charge on any atom is -0.494 e. The molecule has 1 aromatic rings. The fourth-order valence-corrected chi connectivity index (χ4v) is 3.31. The van der Waals surface area contributed by atoms with Gasteiger partial charge in [0.1, 0.15) is 11.9 Å². The van der Waals surface area contributed by atoms with Crippen LogP contribution in [0.25, 0.3) is 0 Å². The monoisotopic (exact) mass is 274 g/mol. The zero-order valence-electron chi connectivity index (χ0n) is 12.0. The number of benzene rings is 1. The Labute approximate surface area is 120 Å². The summed E-state index contributed by atoms with van der Waals surface area (Å²) < 4.78 is 5.47.